The summed E-state index contributed by atoms with van der Waals surface area (Å²) in [5.74, 6) is -0.377. The number of rotatable bonds is 4. The third-order valence-electron chi connectivity index (χ3n) is 2.79. The van der Waals surface area contributed by atoms with E-state index in [1.165, 1.54) is 7.11 Å². The van der Waals surface area contributed by atoms with Gasteiger partial charge in [0.15, 0.2) is 0 Å². The third-order valence-corrected chi connectivity index (χ3v) is 2.79. The lowest BCUT2D eigenvalue weighted by molar-refractivity contribution is -0.148. The van der Waals surface area contributed by atoms with Crippen molar-refractivity contribution >= 4 is 11.9 Å². The van der Waals surface area contributed by atoms with E-state index in [0.29, 0.717) is 0 Å². The first kappa shape index (κ1) is 13.0. The van der Waals surface area contributed by atoms with Gasteiger partial charge >= 0.3 is 5.97 Å². The van der Waals surface area contributed by atoms with Crippen molar-refractivity contribution in [1.82, 2.24) is 10.2 Å². The van der Waals surface area contributed by atoms with Crippen LogP contribution in [0.5, 0.6) is 0 Å². The van der Waals surface area contributed by atoms with Crippen LogP contribution in [0.25, 0.3) is 0 Å². The van der Waals surface area contributed by atoms with E-state index in [0.717, 1.165) is 19.4 Å². The Labute approximate surface area is 96.1 Å². The largest absolute Gasteiger partial charge is 0.468 e. The van der Waals surface area contributed by atoms with Gasteiger partial charge in [-0.1, -0.05) is 0 Å². The van der Waals surface area contributed by atoms with E-state index in [2.05, 4.69) is 10.1 Å². The summed E-state index contributed by atoms with van der Waals surface area (Å²) < 4.78 is 4.59. The van der Waals surface area contributed by atoms with Crippen molar-refractivity contribution in [3.63, 3.8) is 0 Å². The zero-order valence-electron chi connectivity index (χ0n) is 10.2. The van der Waals surface area contributed by atoms with Crippen LogP contribution < -0.4 is 5.32 Å². The number of nitrogens with zero attached hydrogens (tertiary/aromatic N) is 1. The maximum atomic E-state index is 12.1. The Kier molecular flexibility index (Phi) is 4.73. The molecule has 1 saturated heterocycles. The fourth-order valence-electron chi connectivity index (χ4n) is 1.81. The van der Waals surface area contributed by atoms with Crippen LogP contribution in [0.15, 0.2) is 0 Å². The molecule has 5 nitrogen and oxygen atoms in total. The summed E-state index contributed by atoms with van der Waals surface area (Å²) in [6, 6.07) is -0.124. The Hall–Kier alpha value is -1.10. The van der Waals surface area contributed by atoms with Crippen LogP contribution in [0.2, 0.25) is 0 Å². The molecule has 0 saturated carbocycles. The highest BCUT2D eigenvalue weighted by atomic mass is 16.5. The predicted octanol–water partition coefficient (Wildman–Crippen LogP) is 0.148. The quantitative estimate of drug-likeness (QED) is 0.696. The molecule has 0 unspecified atom stereocenters. The average molecular weight is 228 g/mol. The van der Waals surface area contributed by atoms with Crippen molar-refractivity contribution in [2.75, 3.05) is 20.2 Å². The maximum absolute atomic E-state index is 12.1. The van der Waals surface area contributed by atoms with E-state index in [4.69, 9.17) is 0 Å². The van der Waals surface area contributed by atoms with Crippen molar-refractivity contribution < 1.29 is 14.3 Å². The van der Waals surface area contributed by atoms with Gasteiger partial charge in [0.05, 0.1) is 13.2 Å². The number of ether oxygens (including phenoxy) is 1. The van der Waals surface area contributed by atoms with Crippen LogP contribution in [0.4, 0.5) is 0 Å². The lowest BCUT2D eigenvalue weighted by Gasteiger charge is -2.28. The van der Waals surface area contributed by atoms with E-state index in [1.807, 2.05) is 13.8 Å². The Morgan fingerprint density at radius 2 is 2.19 bits per heavy atom. The molecule has 0 aliphatic carbocycles. The molecule has 1 heterocycles. The van der Waals surface area contributed by atoms with E-state index in [9.17, 15) is 9.59 Å². The van der Waals surface area contributed by atoms with Crippen LogP contribution in [0, 0.1) is 0 Å². The number of methoxy groups -OCH3 is 1. The van der Waals surface area contributed by atoms with E-state index in [1.54, 1.807) is 4.90 Å². The molecule has 0 bridgehead atoms. The molecule has 1 amide bonds. The number of hydrogen-bond donors (Lipinski definition) is 1. The Morgan fingerprint density at radius 3 is 2.62 bits per heavy atom. The highest BCUT2D eigenvalue weighted by Gasteiger charge is 2.29. The van der Waals surface area contributed by atoms with E-state index < -0.39 is 0 Å². The molecule has 16 heavy (non-hydrogen) atoms. The van der Waals surface area contributed by atoms with Crippen molar-refractivity contribution in [3.05, 3.63) is 0 Å². The molecule has 0 aromatic carbocycles. The molecule has 0 radical (unpaired) electrons. The molecule has 1 rings (SSSR count). The number of carbonyl (C=O) groups excluding carboxylic acids is 2. The van der Waals surface area contributed by atoms with E-state index in [-0.39, 0.29) is 30.5 Å². The van der Waals surface area contributed by atoms with Crippen LogP contribution in [-0.4, -0.2) is 49.1 Å². The van der Waals surface area contributed by atoms with Crippen molar-refractivity contribution in [1.29, 1.82) is 0 Å². The van der Waals surface area contributed by atoms with Crippen molar-refractivity contribution in [2.24, 2.45) is 0 Å². The molecule has 1 atom stereocenters. The van der Waals surface area contributed by atoms with Crippen molar-refractivity contribution in [2.45, 2.75) is 38.8 Å². The first-order chi connectivity index (χ1) is 7.56. The van der Waals surface area contributed by atoms with Gasteiger partial charge in [0, 0.05) is 6.04 Å². The molecule has 1 aliphatic heterocycles. The van der Waals surface area contributed by atoms with Gasteiger partial charge in [-0.15, -0.1) is 0 Å². The monoisotopic (exact) mass is 228 g/mol. The second kappa shape index (κ2) is 5.84. The summed E-state index contributed by atoms with van der Waals surface area (Å²) in [5.41, 5.74) is 0. The summed E-state index contributed by atoms with van der Waals surface area (Å²) in [5, 5.41) is 3.14. The van der Waals surface area contributed by atoms with E-state index >= 15 is 0 Å². The number of esters is 1. The Balaban J connectivity index is 2.61. The second-order valence-corrected chi connectivity index (χ2v) is 4.28. The molecule has 1 N–H and O–H groups in total. The molecule has 1 aliphatic rings. The molecular formula is C11H20N2O3. The smallest absolute Gasteiger partial charge is 0.325 e. The summed E-state index contributed by atoms with van der Waals surface area (Å²) in [7, 11) is 1.33. The number of hydrogen-bond acceptors (Lipinski definition) is 4. The predicted molar refractivity (Wildman–Crippen MR) is 59.9 cm³/mol. The third kappa shape index (κ3) is 3.20. The molecular weight excluding hydrogens is 208 g/mol. The first-order valence-electron chi connectivity index (χ1n) is 5.67. The van der Waals surface area contributed by atoms with Gasteiger partial charge in [-0.3, -0.25) is 9.59 Å². The molecule has 0 spiro atoms. The molecule has 92 valence electrons. The van der Waals surface area contributed by atoms with Crippen LogP contribution in [0.1, 0.15) is 26.7 Å². The van der Waals surface area contributed by atoms with Gasteiger partial charge < -0.3 is 15.0 Å². The summed E-state index contributed by atoms with van der Waals surface area (Å²) in [4.78, 5) is 24.9. The SMILES string of the molecule is COC(=O)CN(C(=O)[C@@H]1CCCN1)C(C)C. The molecule has 1 fully saturated rings. The zero-order chi connectivity index (χ0) is 12.1. The zero-order valence-corrected chi connectivity index (χ0v) is 10.2. The van der Waals surface area contributed by atoms with Gasteiger partial charge in [-0.2, -0.15) is 0 Å². The van der Waals surface area contributed by atoms with Gasteiger partial charge in [-0.25, -0.2) is 0 Å². The average Bonchev–Trinajstić information content (AvgIpc) is 2.77. The summed E-state index contributed by atoms with van der Waals surface area (Å²) in [6.07, 6.45) is 1.86. The normalized spacial score (nSPS) is 19.9. The standard InChI is InChI=1S/C11H20N2O3/c1-8(2)13(7-10(14)16-3)11(15)9-5-4-6-12-9/h8-9,12H,4-7H2,1-3H3/t9-/m0/s1. The van der Waals surface area contributed by atoms with Gasteiger partial charge in [0.25, 0.3) is 0 Å². The summed E-state index contributed by atoms with van der Waals surface area (Å²) in [6.45, 7) is 4.71. The molecule has 5 heteroatoms. The van der Waals surface area contributed by atoms with Crippen molar-refractivity contribution in [3.8, 4) is 0 Å². The minimum absolute atomic E-state index is 0.00194. The second-order valence-electron chi connectivity index (χ2n) is 4.28. The highest BCUT2D eigenvalue weighted by molar-refractivity contribution is 5.86. The fourth-order valence-corrected chi connectivity index (χ4v) is 1.81. The number of amides is 1. The summed E-state index contributed by atoms with van der Waals surface area (Å²) >= 11 is 0. The topological polar surface area (TPSA) is 58.6 Å². The Bertz CT molecular complexity index is 260. The highest BCUT2D eigenvalue weighted by Crippen LogP contribution is 2.11. The maximum Gasteiger partial charge on any atom is 0.325 e. The minimum Gasteiger partial charge on any atom is -0.468 e. The van der Waals surface area contributed by atoms with Gasteiger partial charge in [0.1, 0.15) is 6.54 Å². The Morgan fingerprint density at radius 1 is 1.50 bits per heavy atom. The van der Waals surface area contributed by atoms with Gasteiger partial charge in [0.2, 0.25) is 5.91 Å². The number of carbonyl (C=O) groups is 2. The van der Waals surface area contributed by atoms with Crippen LogP contribution in [0.3, 0.4) is 0 Å². The van der Waals surface area contributed by atoms with Crippen LogP contribution >= 0.6 is 0 Å². The number of nitrogens with one attached hydrogen (secondary N) is 1. The molecule has 0 aromatic heterocycles. The van der Waals surface area contributed by atoms with Gasteiger partial charge in [-0.05, 0) is 33.2 Å². The fraction of sp³-hybridized carbons (Fsp3) is 0.818. The lowest BCUT2D eigenvalue weighted by atomic mass is 10.1. The van der Waals surface area contributed by atoms with Crippen LogP contribution in [-0.2, 0) is 14.3 Å². The molecule has 0 aromatic rings. The lowest BCUT2D eigenvalue weighted by Crippen LogP contribution is -2.48. The first-order valence-corrected chi connectivity index (χ1v) is 5.67. The minimum atomic E-state index is -0.375.